The SMILES string of the molecule is COc1ccc(/C=C/c2cc(/C=C/c3ccc(OC)c(O)c3)ncn2)cc1O. The average Bonchev–Trinajstić information content (AvgIpc) is 2.71. The van der Waals surface area contributed by atoms with E-state index in [1.165, 1.54) is 20.5 Å². The van der Waals surface area contributed by atoms with Gasteiger partial charge >= 0.3 is 0 Å². The molecule has 2 N–H and O–H groups in total. The minimum absolute atomic E-state index is 0.0821. The third-order valence-corrected chi connectivity index (χ3v) is 4.01. The van der Waals surface area contributed by atoms with E-state index in [2.05, 4.69) is 9.97 Å². The van der Waals surface area contributed by atoms with Crippen molar-refractivity contribution < 1.29 is 19.7 Å². The van der Waals surface area contributed by atoms with Crippen LogP contribution < -0.4 is 9.47 Å². The topological polar surface area (TPSA) is 84.7 Å². The number of methoxy groups -OCH3 is 2. The van der Waals surface area contributed by atoms with Crippen LogP contribution in [0.2, 0.25) is 0 Å². The fourth-order valence-corrected chi connectivity index (χ4v) is 2.56. The molecule has 0 bridgehead atoms. The average molecular weight is 376 g/mol. The number of ether oxygens (including phenoxy) is 2. The van der Waals surface area contributed by atoms with Gasteiger partial charge in [-0.1, -0.05) is 24.3 Å². The standard InChI is InChI=1S/C22H20N2O4/c1-27-21-9-5-15(11-19(21)25)3-7-17-13-18(24-14-23-17)8-4-16-6-10-22(28-2)20(26)12-16/h3-14,25-26H,1-2H3/b7-3+,8-4+. The van der Waals surface area contributed by atoms with Gasteiger partial charge in [0.15, 0.2) is 23.0 Å². The first-order valence-corrected chi connectivity index (χ1v) is 8.51. The van der Waals surface area contributed by atoms with Crippen molar-refractivity contribution in [1.82, 2.24) is 9.97 Å². The van der Waals surface area contributed by atoms with Crippen LogP contribution in [0, 0.1) is 0 Å². The van der Waals surface area contributed by atoms with Crippen molar-refractivity contribution in [1.29, 1.82) is 0 Å². The normalized spacial score (nSPS) is 11.2. The first-order chi connectivity index (χ1) is 13.6. The lowest BCUT2D eigenvalue weighted by Crippen LogP contribution is -1.87. The Balaban J connectivity index is 1.75. The van der Waals surface area contributed by atoms with Crippen LogP contribution in [0.1, 0.15) is 22.5 Å². The van der Waals surface area contributed by atoms with E-state index in [4.69, 9.17) is 9.47 Å². The summed E-state index contributed by atoms with van der Waals surface area (Å²) in [4.78, 5) is 8.45. The van der Waals surface area contributed by atoms with Gasteiger partial charge in [0.2, 0.25) is 0 Å². The molecule has 0 saturated carbocycles. The summed E-state index contributed by atoms with van der Waals surface area (Å²) in [6.07, 6.45) is 8.84. The fraction of sp³-hybridized carbons (Fsp3) is 0.0909. The van der Waals surface area contributed by atoms with Gasteiger partial charge in [0.1, 0.15) is 6.33 Å². The first kappa shape index (κ1) is 19.0. The van der Waals surface area contributed by atoms with Crippen molar-refractivity contribution in [2.75, 3.05) is 14.2 Å². The zero-order valence-electron chi connectivity index (χ0n) is 15.5. The van der Waals surface area contributed by atoms with E-state index in [1.807, 2.05) is 42.5 Å². The molecule has 0 spiro atoms. The molecule has 0 aliphatic rings. The maximum absolute atomic E-state index is 9.84. The number of hydrogen-bond donors (Lipinski definition) is 2. The Bertz CT molecular complexity index is 950. The minimum atomic E-state index is 0.0821. The van der Waals surface area contributed by atoms with Gasteiger partial charge in [-0.25, -0.2) is 9.97 Å². The number of aromatic nitrogens is 2. The van der Waals surface area contributed by atoms with Crippen LogP contribution in [0.3, 0.4) is 0 Å². The van der Waals surface area contributed by atoms with Gasteiger partial charge < -0.3 is 19.7 Å². The first-order valence-electron chi connectivity index (χ1n) is 8.51. The van der Waals surface area contributed by atoms with Gasteiger partial charge in [-0.3, -0.25) is 0 Å². The van der Waals surface area contributed by atoms with E-state index >= 15 is 0 Å². The van der Waals surface area contributed by atoms with Crippen LogP contribution >= 0.6 is 0 Å². The Morgan fingerprint density at radius 3 is 1.54 bits per heavy atom. The summed E-state index contributed by atoms with van der Waals surface area (Å²) in [7, 11) is 3.02. The predicted octanol–water partition coefficient (Wildman–Crippen LogP) is 4.25. The Morgan fingerprint density at radius 1 is 0.679 bits per heavy atom. The molecule has 6 heteroatoms. The highest BCUT2D eigenvalue weighted by atomic mass is 16.5. The smallest absolute Gasteiger partial charge is 0.160 e. The Hall–Kier alpha value is -3.80. The molecule has 0 atom stereocenters. The van der Waals surface area contributed by atoms with E-state index < -0.39 is 0 Å². The summed E-state index contributed by atoms with van der Waals surface area (Å²) in [6, 6.07) is 12.2. The second-order valence-electron chi connectivity index (χ2n) is 5.90. The molecule has 142 valence electrons. The van der Waals surface area contributed by atoms with E-state index in [0.717, 1.165) is 22.5 Å². The molecule has 0 unspecified atom stereocenters. The summed E-state index contributed by atoms with van der Waals surface area (Å²) < 4.78 is 10.1. The largest absolute Gasteiger partial charge is 0.504 e. The van der Waals surface area contributed by atoms with Gasteiger partial charge in [-0.2, -0.15) is 0 Å². The molecule has 1 heterocycles. The summed E-state index contributed by atoms with van der Waals surface area (Å²) in [6.45, 7) is 0. The monoisotopic (exact) mass is 376 g/mol. The molecular formula is C22H20N2O4. The van der Waals surface area contributed by atoms with Gasteiger partial charge in [0.25, 0.3) is 0 Å². The summed E-state index contributed by atoms with van der Waals surface area (Å²) in [5, 5.41) is 19.7. The summed E-state index contributed by atoms with van der Waals surface area (Å²) in [5.41, 5.74) is 3.09. The number of benzene rings is 2. The molecular weight excluding hydrogens is 356 g/mol. The number of rotatable bonds is 6. The highest BCUT2D eigenvalue weighted by Crippen LogP contribution is 2.28. The third kappa shape index (κ3) is 4.67. The number of aromatic hydroxyl groups is 2. The quantitative estimate of drug-likeness (QED) is 0.669. The molecule has 0 saturated heterocycles. The van der Waals surface area contributed by atoms with Crippen LogP contribution in [-0.2, 0) is 0 Å². The molecule has 0 aliphatic heterocycles. The second kappa shape index (κ2) is 8.73. The van der Waals surface area contributed by atoms with E-state index in [1.54, 1.807) is 24.3 Å². The Morgan fingerprint density at radius 2 is 1.14 bits per heavy atom. The molecule has 6 nitrogen and oxygen atoms in total. The minimum Gasteiger partial charge on any atom is -0.504 e. The summed E-state index contributed by atoms with van der Waals surface area (Å²) >= 11 is 0. The highest BCUT2D eigenvalue weighted by molar-refractivity contribution is 5.73. The molecule has 28 heavy (non-hydrogen) atoms. The fourth-order valence-electron chi connectivity index (χ4n) is 2.56. The Labute approximate surface area is 163 Å². The third-order valence-electron chi connectivity index (χ3n) is 4.01. The van der Waals surface area contributed by atoms with Gasteiger partial charge in [0.05, 0.1) is 25.6 Å². The molecule has 3 rings (SSSR count). The zero-order chi connectivity index (χ0) is 19.9. The molecule has 2 aromatic carbocycles. The number of phenolic OH excluding ortho intramolecular Hbond substituents is 2. The van der Waals surface area contributed by atoms with Crippen molar-refractivity contribution in [2.24, 2.45) is 0 Å². The van der Waals surface area contributed by atoms with Gasteiger partial charge in [-0.15, -0.1) is 0 Å². The molecule has 0 aliphatic carbocycles. The van der Waals surface area contributed by atoms with Crippen molar-refractivity contribution in [3.8, 4) is 23.0 Å². The molecule has 0 fully saturated rings. The van der Waals surface area contributed by atoms with Crippen molar-refractivity contribution in [3.05, 3.63) is 71.3 Å². The van der Waals surface area contributed by atoms with Crippen molar-refractivity contribution in [3.63, 3.8) is 0 Å². The summed E-state index contributed by atoms with van der Waals surface area (Å²) in [5.74, 6) is 1.02. The van der Waals surface area contributed by atoms with Crippen LogP contribution in [0.25, 0.3) is 24.3 Å². The van der Waals surface area contributed by atoms with Crippen LogP contribution in [0.5, 0.6) is 23.0 Å². The van der Waals surface area contributed by atoms with Crippen LogP contribution in [0.15, 0.2) is 48.8 Å². The van der Waals surface area contributed by atoms with E-state index in [9.17, 15) is 10.2 Å². The number of nitrogens with zero attached hydrogens (tertiary/aromatic N) is 2. The lowest BCUT2D eigenvalue weighted by molar-refractivity contribution is 0.373. The second-order valence-corrected chi connectivity index (χ2v) is 5.90. The highest BCUT2D eigenvalue weighted by Gasteiger charge is 2.02. The number of hydrogen-bond acceptors (Lipinski definition) is 6. The predicted molar refractivity (Wildman–Crippen MR) is 109 cm³/mol. The lowest BCUT2D eigenvalue weighted by atomic mass is 10.1. The van der Waals surface area contributed by atoms with E-state index in [-0.39, 0.29) is 11.5 Å². The molecule has 1 aromatic heterocycles. The Kier molecular flexibility index (Phi) is 5.91. The maximum atomic E-state index is 9.84. The lowest BCUT2D eigenvalue weighted by Gasteiger charge is -2.03. The van der Waals surface area contributed by atoms with E-state index in [0.29, 0.717) is 11.5 Å². The van der Waals surface area contributed by atoms with Gasteiger partial charge in [-0.05, 0) is 53.6 Å². The number of phenols is 2. The zero-order valence-corrected chi connectivity index (χ0v) is 15.5. The molecule has 3 aromatic rings. The van der Waals surface area contributed by atoms with Crippen LogP contribution in [-0.4, -0.2) is 34.4 Å². The molecule has 0 amide bonds. The maximum Gasteiger partial charge on any atom is 0.160 e. The molecule has 0 radical (unpaired) electrons. The van der Waals surface area contributed by atoms with Crippen molar-refractivity contribution >= 4 is 24.3 Å². The van der Waals surface area contributed by atoms with Crippen LogP contribution in [0.4, 0.5) is 0 Å². The van der Waals surface area contributed by atoms with Crippen molar-refractivity contribution in [2.45, 2.75) is 0 Å². The van der Waals surface area contributed by atoms with Gasteiger partial charge in [0, 0.05) is 0 Å².